The molecule has 1 aromatic carbocycles. The molecule has 0 saturated carbocycles. The number of benzene rings is 1. The summed E-state index contributed by atoms with van der Waals surface area (Å²) in [5.74, 6) is 0.297. The fourth-order valence-electron chi connectivity index (χ4n) is 2.73. The zero-order valence-corrected chi connectivity index (χ0v) is 17.4. The van der Waals surface area contributed by atoms with Gasteiger partial charge in [0.15, 0.2) is 0 Å². The molecule has 0 unspecified atom stereocenters. The predicted molar refractivity (Wildman–Crippen MR) is 108 cm³/mol. The van der Waals surface area contributed by atoms with Crippen LogP contribution < -0.4 is 5.32 Å². The molecule has 1 N–H and O–H groups in total. The number of carbonyl (C=O) groups excluding carboxylic acids is 1. The molecule has 0 aliphatic heterocycles. The van der Waals surface area contributed by atoms with E-state index in [1.54, 1.807) is 16.8 Å². The molecule has 142 valence electrons. The quantitative estimate of drug-likeness (QED) is 0.769. The molecule has 0 aliphatic carbocycles. The number of aromatic nitrogens is 2. The largest absolute Gasteiger partial charge is 0.351 e. The van der Waals surface area contributed by atoms with E-state index in [1.807, 2.05) is 32.0 Å². The third-order valence-electron chi connectivity index (χ3n) is 4.01. The summed E-state index contributed by atoms with van der Waals surface area (Å²) in [5, 5.41) is 8.64. The second-order valence-electron chi connectivity index (χ2n) is 7.07. The van der Waals surface area contributed by atoms with Gasteiger partial charge in [-0.25, -0.2) is 4.68 Å². The third kappa shape index (κ3) is 5.00. The molecule has 0 aliphatic rings. The summed E-state index contributed by atoms with van der Waals surface area (Å²) in [7, 11) is 3.95. The van der Waals surface area contributed by atoms with E-state index >= 15 is 0 Å². The zero-order valence-electron chi connectivity index (χ0n) is 15.9. The zero-order chi connectivity index (χ0) is 19.4. The fourth-order valence-corrected chi connectivity index (χ4v) is 3.03. The van der Waals surface area contributed by atoms with E-state index in [-0.39, 0.29) is 5.91 Å². The van der Waals surface area contributed by atoms with Gasteiger partial charge in [0.25, 0.3) is 5.91 Å². The van der Waals surface area contributed by atoms with Crippen molar-refractivity contribution in [2.75, 3.05) is 27.2 Å². The third-order valence-corrected chi connectivity index (χ3v) is 4.75. The Kier molecular flexibility index (Phi) is 7.09. The Labute approximate surface area is 165 Å². The van der Waals surface area contributed by atoms with Crippen molar-refractivity contribution in [1.29, 1.82) is 0 Å². The molecule has 26 heavy (non-hydrogen) atoms. The predicted octanol–water partition coefficient (Wildman–Crippen LogP) is 3.98. The van der Waals surface area contributed by atoms with Gasteiger partial charge in [-0.05, 0) is 51.6 Å². The molecule has 0 radical (unpaired) electrons. The van der Waals surface area contributed by atoms with Crippen molar-refractivity contribution in [2.45, 2.75) is 27.2 Å². The number of likely N-dealkylation sites (N-methyl/N-ethyl adjacent to an activating group) is 1. The molecule has 0 bridgehead atoms. The van der Waals surface area contributed by atoms with Crippen molar-refractivity contribution >= 4 is 29.1 Å². The first-order valence-electron chi connectivity index (χ1n) is 8.67. The molecule has 2 rings (SSSR count). The fraction of sp³-hybridized carbons (Fsp3) is 0.474. The van der Waals surface area contributed by atoms with Crippen LogP contribution in [0.1, 0.15) is 35.6 Å². The molecule has 5 nitrogen and oxygen atoms in total. The van der Waals surface area contributed by atoms with Crippen molar-refractivity contribution in [2.24, 2.45) is 5.92 Å². The van der Waals surface area contributed by atoms with Crippen molar-refractivity contribution in [3.8, 4) is 5.69 Å². The number of nitrogens with one attached hydrogen (secondary N) is 1. The molecular formula is C19H26Cl2N4O. The molecule has 0 saturated heterocycles. The lowest BCUT2D eigenvalue weighted by Gasteiger charge is -2.11. The maximum Gasteiger partial charge on any atom is 0.255 e. The number of hydrogen-bond donors (Lipinski definition) is 1. The Hall–Kier alpha value is -1.56. The summed E-state index contributed by atoms with van der Waals surface area (Å²) in [6, 6.07) is 5.34. The van der Waals surface area contributed by atoms with Crippen LogP contribution in [-0.2, 0) is 6.42 Å². The number of rotatable bonds is 7. The summed E-state index contributed by atoms with van der Waals surface area (Å²) in [6.07, 6.45) is 0.728. The monoisotopic (exact) mass is 396 g/mol. The summed E-state index contributed by atoms with van der Waals surface area (Å²) in [4.78, 5) is 14.8. The number of halogens is 2. The van der Waals surface area contributed by atoms with Crippen LogP contribution in [0.15, 0.2) is 18.2 Å². The van der Waals surface area contributed by atoms with Crippen LogP contribution in [0, 0.1) is 12.8 Å². The van der Waals surface area contributed by atoms with Gasteiger partial charge in [-0.1, -0.05) is 37.0 Å². The highest BCUT2D eigenvalue weighted by atomic mass is 35.5. The second-order valence-corrected chi connectivity index (χ2v) is 7.89. The topological polar surface area (TPSA) is 50.2 Å². The molecular weight excluding hydrogens is 371 g/mol. The standard InChI is InChI=1S/C19H26Cl2N4O/c1-12(2)10-17-18(19(26)22-8-9-24(4)5)13(3)25(23-17)14-6-7-15(20)16(21)11-14/h6-7,11-12H,8-10H2,1-5H3,(H,22,26). The minimum Gasteiger partial charge on any atom is -0.351 e. The molecule has 7 heteroatoms. The first-order valence-corrected chi connectivity index (χ1v) is 9.43. The van der Waals surface area contributed by atoms with Gasteiger partial charge in [-0.15, -0.1) is 0 Å². The van der Waals surface area contributed by atoms with Crippen molar-refractivity contribution < 1.29 is 4.79 Å². The average Bonchev–Trinajstić information content (AvgIpc) is 2.85. The Morgan fingerprint density at radius 2 is 1.96 bits per heavy atom. The first kappa shape index (κ1) is 20.7. The lowest BCUT2D eigenvalue weighted by Crippen LogP contribution is -2.32. The van der Waals surface area contributed by atoms with Crippen LogP contribution in [0.5, 0.6) is 0 Å². The number of carbonyl (C=O) groups is 1. The molecule has 2 aromatic rings. The van der Waals surface area contributed by atoms with Gasteiger partial charge in [0.2, 0.25) is 0 Å². The maximum absolute atomic E-state index is 12.8. The summed E-state index contributed by atoms with van der Waals surface area (Å²) in [5.41, 5.74) is 3.02. The Bertz CT molecular complexity index is 784. The van der Waals surface area contributed by atoms with Crippen molar-refractivity contribution in [1.82, 2.24) is 20.0 Å². The van der Waals surface area contributed by atoms with Crippen LogP contribution in [0.2, 0.25) is 10.0 Å². The minimum absolute atomic E-state index is 0.0914. The van der Waals surface area contributed by atoms with Crippen LogP contribution in [-0.4, -0.2) is 47.8 Å². The van der Waals surface area contributed by atoms with Crippen LogP contribution in [0.3, 0.4) is 0 Å². The number of hydrogen-bond acceptors (Lipinski definition) is 3. The van der Waals surface area contributed by atoms with E-state index in [1.165, 1.54) is 0 Å². The second kappa shape index (κ2) is 8.89. The van der Waals surface area contributed by atoms with Crippen LogP contribution in [0.25, 0.3) is 5.69 Å². The van der Waals surface area contributed by atoms with Crippen LogP contribution >= 0.6 is 23.2 Å². The SMILES string of the molecule is Cc1c(C(=O)NCCN(C)C)c(CC(C)C)nn1-c1ccc(Cl)c(Cl)c1. The number of amides is 1. The van der Waals surface area contributed by atoms with E-state index in [0.717, 1.165) is 30.0 Å². The summed E-state index contributed by atoms with van der Waals surface area (Å²) in [6.45, 7) is 7.50. The summed E-state index contributed by atoms with van der Waals surface area (Å²) >= 11 is 12.2. The Morgan fingerprint density at radius 1 is 1.27 bits per heavy atom. The van der Waals surface area contributed by atoms with E-state index < -0.39 is 0 Å². The maximum atomic E-state index is 12.8. The first-order chi connectivity index (χ1) is 12.2. The van der Waals surface area contributed by atoms with Crippen molar-refractivity contribution in [3.63, 3.8) is 0 Å². The smallest absolute Gasteiger partial charge is 0.255 e. The van der Waals surface area contributed by atoms with Gasteiger partial charge < -0.3 is 10.2 Å². The van der Waals surface area contributed by atoms with E-state index in [2.05, 4.69) is 19.2 Å². The summed E-state index contributed by atoms with van der Waals surface area (Å²) < 4.78 is 1.76. The van der Waals surface area contributed by atoms with E-state index in [0.29, 0.717) is 28.1 Å². The lowest BCUT2D eigenvalue weighted by atomic mass is 10.0. The van der Waals surface area contributed by atoms with E-state index in [9.17, 15) is 4.79 Å². The molecule has 0 fully saturated rings. The molecule has 0 atom stereocenters. The normalized spacial score (nSPS) is 11.4. The minimum atomic E-state index is -0.0914. The highest BCUT2D eigenvalue weighted by molar-refractivity contribution is 6.42. The van der Waals surface area contributed by atoms with Crippen molar-refractivity contribution in [3.05, 3.63) is 45.2 Å². The van der Waals surface area contributed by atoms with E-state index in [4.69, 9.17) is 28.3 Å². The van der Waals surface area contributed by atoms with Gasteiger partial charge in [0, 0.05) is 13.1 Å². The Morgan fingerprint density at radius 3 is 2.54 bits per heavy atom. The van der Waals surface area contributed by atoms with Gasteiger partial charge in [-0.2, -0.15) is 5.10 Å². The average molecular weight is 397 g/mol. The highest BCUT2D eigenvalue weighted by Crippen LogP contribution is 2.27. The van der Waals surface area contributed by atoms with Gasteiger partial charge in [-0.3, -0.25) is 4.79 Å². The molecule has 1 amide bonds. The molecule has 1 aromatic heterocycles. The van der Waals surface area contributed by atoms with Gasteiger partial charge in [0.05, 0.1) is 32.7 Å². The van der Waals surface area contributed by atoms with Crippen LogP contribution in [0.4, 0.5) is 0 Å². The highest BCUT2D eigenvalue weighted by Gasteiger charge is 2.22. The number of nitrogens with zero attached hydrogens (tertiary/aromatic N) is 3. The van der Waals surface area contributed by atoms with Gasteiger partial charge in [0.1, 0.15) is 0 Å². The Balaban J connectivity index is 2.40. The molecule has 0 spiro atoms. The molecule has 1 heterocycles. The lowest BCUT2D eigenvalue weighted by molar-refractivity contribution is 0.0949. The van der Waals surface area contributed by atoms with Gasteiger partial charge >= 0.3 is 0 Å².